The number of hydrogen-bond acceptors (Lipinski definition) is 5. The average Bonchev–Trinajstić information content (AvgIpc) is 2.77. The molecule has 1 aromatic heterocycles. The molecule has 0 aliphatic rings. The number of nitro groups is 1. The molecule has 8 heteroatoms. The van der Waals surface area contributed by atoms with Crippen LogP contribution in [0.25, 0.3) is 0 Å². The lowest BCUT2D eigenvalue weighted by molar-refractivity contribution is -0.385. The number of imidazole rings is 1. The molecule has 0 saturated carbocycles. The van der Waals surface area contributed by atoms with Gasteiger partial charge < -0.3 is 14.8 Å². The molecule has 1 N–H and O–H groups in total. The highest BCUT2D eigenvalue weighted by Crippen LogP contribution is 2.21. The van der Waals surface area contributed by atoms with E-state index in [0.29, 0.717) is 12.2 Å². The van der Waals surface area contributed by atoms with E-state index in [1.165, 1.54) is 12.1 Å². The fourth-order valence-electron chi connectivity index (χ4n) is 1.99. The Labute approximate surface area is 121 Å². The third-order valence-corrected chi connectivity index (χ3v) is 3.03. The molecule has 7 nitrogen and oxygen atoms in total. The summed E-state index contributed by atoms with van der Waals surface area (Å²) >= 11 is 0. The minimum Gasteiger partial charge on any atom is -0.379 e. The maximum Gasteiger partial charge on any atom is 0.274 e. The first-order valence-corrected chi connectivity index (χ1v) is 6.25. The van der Waals surface area contributed by atoms with Crippen LogP contribution in [0.5, 0.6) is 0 Å². The second kappa shape index (κ2) is 5.78. The standard InChI is InChI=1S/C13H16FN5O2/c1-17(2)13-16-8-12(18(13)3)7-15-10-4-9(14)5-11(6-10)19(20)21/h4-6,8,15H,7H2,1-3H3. The summed E-state index contributed by atoms with van der Waals surface area (Å²) in [6.07, 6.45) is 1.70. The Morgan fingerprint density at radius 1 is 1.43 bits per heavy atom. The number of aromatic nitrogens is 2. The summed E-state index contributed by atoms with van der Waals surface area (Å²) in [7, 11) is 5.64. The van der Waals surface area contributed by atoms with Crippen LogP contribution in [0.4, 0.5) is 21.7 Å². The predicted octanol–water partition coefficient (Wildman–Crippen LogP) is 2.15. The Morgan fingerprint density at radius 3 is 2.71 bits per heavy atom. The molecule has 0 unspecified atom stereocenters. The number of hydrogen-bond donors (Lipinski definition) is 1. The van der Waals surface area contributed by atoms with E-state index in [2.05, 4.69) is 10.3 Å². The molecule has 0 fully saturated rings. The SMILES string of the molecule is CN(C)c1ncc(CNc2cc(F)cc([N+](=O)[O-])c2)n1C. The highest BCUT2D eigenvalue weighted by molar-refractivity contribution is 5.51. The number of non-ortho nitro benzene ring substituents is 1. The van der Waals surface area contributed by atoms with Crippen molar-refractivity contribution in [1.29, 1.82) is 0 Å². The lowest BCUT2D eigenvalue weighted by Gasteiger charge is -2.13. The second-order valence-electron chi connectivity index (χ2n) is 4.81. The van der Waals surface area contributed by atoms with Gasteiger partial charge in [-0.2, -0.15) is 0 Å². The van der Waals surface area contributed by atoms with E-state index >= 15 is 0 Å². The monoisotopic (exact) mass is 293 g/mol. The van der Waals surface area contributed by atoms with Crippen LogP contribution in [0, 0.1) is 15.9 Å². The normalized spacial score (nSPS) is 10.5. The van der Waals surface area contributed by atoms with Crippen LogP contribution in [0.1, 0.15) is 5.69 Å². The van der Waals surface area contributed by atoms with Crippen molar-refractivity contribution in [1.82, 2.24) is 9.55 Å². The van der Waals surface area contributed by atoms with E-state index < -0.39 is 10.7 Å². The molecular weight excluding hydrogens is 277 g/mol. The van der Waals surface area contributed by atoms with Crippen LogP contribution in [0.2, 0.25) is 0 Å². The summed E-state index contributed by atoms with van der Waals surface area (Å²) in [6, 6.07) is 3.40. The minimum absolute atomic E-state index is 0.281. The lowest BCUT2D eigenvalue weighted by Crippen LogP contribution is -2.15. The molecule has 0 radical (unpaired) electrons. The number of nitro benzene ring substituents is 1. The molecule has 2 rings (SSSR count). The van der Waals surface area contributed by atoms with Crippen molar-refractivity contribution in [3.63, 3.8) is 0 Å². The summed E-state index contributed by atoms with van der Waals surface area (Å²) in [5.41, 5.74) is 0.955. The Hall–Kier alpha value is -2.64. The average molecular weight is 293 g/mol. The highest BCUT2D eigenvalue weighted by Gasteiger charge is 2.11. The molecule has 0 amide bonds. The summed E-state index contributed by atoms with van der Waals surface area (Å²) in [5.74, 6) is 0.141. The minimum atomic E-state index is -0.648. The highest BCUT2D eigenvalue weighted by atomic mass is 19.1. The molecule has 112 valence electrons. The summed E-state index contributed by atoms with van der Waals surface area (Å²) in [5, 5.41) is 13.7. The topological polar surface area (TPSA) is 76.2 Å². The van der Waals surface area contributed by atoms with Crippen LogP contribution < -0.4 is 10.2 Å². The van der Waals surface area contributed by atoms with Crippen molar-refractivity contribution in [3.05, 3.63) is 46.0 Å². The third-order valence-electron chi connectivity index (χ3n) is 3.03. The van der Waals surface area contributed by atoms with Crippen molar-refractivity contribution in [2.24, 2.45) is 7.05 Å². The van der Waals surface area contributed by atoms with Crippen LogP contribution in [-0.2, 0) is 13.6 Å². The fourth-order valence-corrected chi connectivity index (χ4v) is 1.99. The molecule has 2 aromatic rings. The van der Waals surface area contributed by atoms with Gasteiger partial charge in [-0.3, -0.25) is 10.1 Å². The van der Waals surface area contributed by atoms with Crippen molar-refractivity contribution in [2.75, 3.05) is 24.3 Å². The van der Waals surface area contributed by atoms with Crippen LogP contribution in [0.15, 0.2) is 24.4 Å². The number of halogens is 1. The second-order valence-corrected chi connectivity index (χ2v) is 4.81. The Bertz CT molecular complexity index is 669. The summed E-state index contributed by atoms with van der Waals surface area (Å²) < 4.78 is 15.2. The van der Waals surface area contributed by atoms with E-state index in [9.17, 15) is 14.5 Å². The van der Waals surface area contributed by atoms with Crippen LogP contribution in [-0.4, -0.2) is 28.6 Å². The molecule has 0 aliphatic carbocycles. The maximum absolute atomic E-state index is 13.3. The van der Waals surface area contributed by atoms with Gasteiger partial charge in [0.2, 0.25) is 5.95 Å². The van der Waals surface area contributed by atoms with Crippen LogP contribution >= 0.6 is 0 Å². The van der Waals surface area contributed by atoms with E-state index in [1.807, 2.05) is 30.6 Å². The first-order chi connectivity index (χ1) is 9.88. The van der Waals surface area contributed by atoms with Gasteiger partial charge in [0.25, 0.3) is 5.69 Å². The predicted molar refractivity (Wildman–Crippen MR) is 77.9 cm³/mol. The zero-order valence-corrected chi connectivity index (χ0v) is 12.0. The zero-order chi connectivity index (χ0) is 15.6. The van der Waals surface area contributed by atoms with Gasteiger partial charge in [-0.25, -0.2) is 9.37 Å². The van der Waals surface area contributed by atoms with E-state index in [4.69, 9.17) is 0 Å². The van der Waals surface area contributed by atoms with Gasteiger partial charge in [0, 0.05) is 32.9 Å². The molecule has 0 aliphatic heterocycles. The third kappa shape index (κ3) is 3.28. The Balaban J connectivity index is 2.15. The quantitative estimate of drug-likeness (QED) is 0.675. The summed E-state index contributed by atoms with van der Waals surface area (Å²) in [6.45, 7) is 0.387. The molecular formula is C13H16FN5O2. The van der Waals surface area contributed by atoms with Gasteiger partial charge >= 0.3 is 0 Å². The van der Waals surface area contributed by atoms with Crippen molar-refractivity contribution < 1.29 is 9.31 Å². The van der Waals surface area contributed by atoms with Crippen LogP contribution in [0.3, 0.4) is 0 Å². The molecule has 1 aromatic carbocycles. The van der Waals surface area contributed by atoms with Crippen molar-refractivity contribution in [2.45, 2.75) is 6.54 Å². The number of anilines is 2. The van der Waals surface area contributed by atoms with Gasteiger partial charge in [-0.1, -0.05) is 0 Å². The number of benzene rings is 1. The lowest BCUT2D eigenvalue weighted by atomic mass is 10.2. The van der Waals surface area contributed by atoms with Gasteiger partial charge in [0.15, 0.2) is 0 Å². The fraction of sp³-hybridized carbons (Fsp3) is 0.308. The maximum atomic E-state index is 13.3. The van der Waals surface area contributed by atoms with Gasteiger partial charge in [0.05, 0.1) is 29.4 Å². The van der Waals surface area contributed by atoms with E-state index in [1.54, 1.807) is 6.20 Å². The van der Waals surface area contributed by atoms with Crippen molar-refractivity contribution >= 4 is 17.3 Å². The Kier molecular flexibility index (Phi) is 4.06. The molecule has 0 spiro atoms. The number of rotatable bonds is 5. The number of nitrogens with zero attached hydrogens (tertiary/aromatic N) is 4. The first-order valence-electron chi connectivity index (χ1n) is 6.25. The molecule has 0 saturated heterocycles. The molecule has 21 heavy (non-hydrogen) atoms. The Morgan fingerprint density at radius 2 is 2.14 bits per heavy atom. The largest absolute Gasteiger partial charge is 0.379 e. The van der Waals surface area contributed by atoms with E-state index in [-0.39, 0.29) is 5.69 Å². The van der Waals surface area contributed by atoms with Crippen molar-refractivity contribution in [3.8, 4) is 0 Å². The first kappa shape index (κ1) is 14.8. The molecule has 0 atom stereocenters. The van der Waals surface area contributed by atoms with Gasteiger partial charge in [0.1, 0.15) is 5.82 Å². The van der Waals surface area contributed by atoms with Gasteiger partial charge in [-0.15, -0.1) is 0 Å². The summed E-state index contributed by atoms with van der Waals surface area (Å²) in [4.78, 5) is 16.2. The van der Waals surface area contributed by atoms with Gasteiger partial charge in [-0.05, 0) is 6.07 Å². The zero-order valence-electron chi connectivity index (χ0n) is 12.0. The molecule has 0 bridgehead atoms. The number of nitrogens with one attached hydrogen (secondary N) is 1. The smallest absolute Gasteiger partial charge is 0.274 e. The van der Waals surface area contributed by atoms with E-state index in [0.717, 1.165) is 17.7 Å². The molecule has 1 heterocycles.